The Morgan fingerprint density at radius 2 is 2.12 bits per heavy atom. The molecule has 1 N–H and O–H groups in total. The van der Waals surface area contributed by atoms with Gasteiger partial charge in [0, 0.05) is 12.1 Å². The van der Waals surface area contributed by atoms with Crippen molar-refractivity contribution in [2.24, 2.45) is 0 Å². The zero-order chi connectivity index (χ0) is 18.6. The summed E-state index contributed by atoms with van der Waals surface area (Å²) in [6, 6.07) is 3.06. The molecule has 0 unspecified atom stereocenters. The van der Waals surface area contributed by atoms with Crippen LogP contribution in [0.1, 0.15) is 25.8 Å². The molecule has 0 spiro atoms. The number of sulfone groups is 1. The molecule has 0 aromatic heterocycles. The third kappa shape index (κ3) is 5.64. The van der Waals surface area contributed by atoms with Crippen LogP contribution in [0.2, 0.25) is 5.02 Å². The Morgan fingerprint density at radius 3 is 2.68 bits per heavy atom. The van der Waals surface area contributed by atoms with E-state index in [1.54, 1.807) is 18.2 Å². The molecule has 0 bridgehead atoms. The van der Waals surface area contributed by atoms with Crippen molar-refractivity contribution >= 4 is 33.4 Å². The summed E-state index contributed by atoms with van der Waals surface area (Å²) in [5.74, 6) is 0.693. The lowest BCUT2D eigenvalue weighted by Gasteiger charge is -2.15. The van der Waals surface area contributed by atoms with Gasteiger partial charge in [0.2, 0.25) is 5.91 Å². The molecule has 1 aliphatic rings. The van der Waals surface area contributed by atoms with Crippen molar-refractivity contribution in [2.45, 2.75) is 32.4 Å². The molecule has 6 nitrogen and oxygen atoms in total. The van der Waals surface area contributed by atoms with Crippen LogP contribution in [0.3, 0.4) is 0 Å². The second-order valence-corrected chi connectivity index (χ2v) is 8.78. The lowest BCUT2D eigenvalue weighted by atomic mass is 10.1. The fraction of sp³-hybridized carbons (Fsp3) is 0.471. The summed E-state index contributed by atoms with van der Waals surface area (Å²) in [5, 5.41) is 3.08. The van der Waals surface area contributed by atoms with Crippen molar-refractivity contribution in [2.75, 3.05) is 18.6 Å². The van der Waals surface area contributed by atoms with Crippen LogP contribution in [0, 0.1) is 0 Å². The molecule has 138 valence electrons. The maximum absolute atomic E-state index is 12.0. The van der Waals surface area contributed by atoms with Crippen LogP contribution in [-0.2, 0) is 14.6 Å². The summed E-state index contributed by atoms with van der Waals surface area (Å²) in [6.45, 7) is 3.77. The predicted molar refractivity (Wildman–Crippen MR) is 98.0 cm³/mol. The van der Waals surface area contributed by atoms with Crippen LogP contribution in [-0.4, -0.2) is 45.1 Å². The van der Waals surface area contributed by atoms with E-state index in [-0.39, 0.29) is 29.6 Å². The van der Waals surface area contributed by atoms with Gasteiger partial charge in [-0.2, -0.15) is 0 Å². The Kier molecular flexibility index (Phi) is 6.35. The summed E-state index contributed by atoms with van der Waals surface area (Å²) >= 11 is 6.24. The first-order chi connectivity index (χ1) is 11.7. The van der Waals surface area contributed by atoms with Crippen LogP contribution in [0.25, 0.3) is 6.08 Å². The number of carbonyl (C=O) groups is 1. The number of rotatable bonds is 6. The third-order valence-electron chi connectivity index (χ3n) is 3.61. The molecule has 1 aromatic rings. The quantitative estimate of drug-likeness (QED) is 0.758. The Hall–Kier alpha value is -1.73. The van der Waals surface area contributed by atoms with Crippen LogP contribution < -0.4 is 14.8 Å². The number of ether oxygens (including phenoxy) is 2. The minimum atomic E-state index is -3.02. The van der Waals surface area contributed by atoms with E-state index < -0.39 is 9.84 Å². The molecule has 0 radical (unpaired) electrons. The van der Waals surface area contributed by atoms with Crippen molar-refractivity contribution < 1.29 is 22.7 Å². The molecule has 1 aliphatic heterocycles. The maximum atomic E-state index is 12.0. The fourth-order valence-corrected chi connectivity index (χ4v) is 4.45. The standard InChI is InChI=1S/C17H22ClNO5S/c1-11(2)24-17-14(18)8-12(9-15(17)23-3)4-5-16(20)19-13-6-7-25(21,22)10-13/h4-5,8-9,11,13H,6-7,10H2,1-3H3,(H,19,20)/b5-4+/t13-/m0/s1. The Bertz CT molecular complexity index is 773. The lowest BCUT2D eigenvalue weighted by Crippen LogP contribution is -2.34. The highest BCUT2D eigenvalue weighted by molar-refractivity contribution is 7.91. The molecule has 1 fully saturated rings. The molecular formula is C17H22ClNO5S. The average molecular weight is 388 g/mol. The van der Waals surface area contributed by atoms with Gasteiger partial charge in [0.15, 0.2) is 21.3 Å². The summed E-state index contributed by atoms with van der Waals surface area (Å²) in [4.78, 5) is 12.0. The van der Waals surface area contributed by atoms with E-state index in [9.17, 15) is 13.2 Å². The molecule has 8 heteroatoms. The lowest BCUT2D eigenvalue weighted by molar-refractivity contribution is -0.116. The highest BCUT2D eigenvalue weighted by atomic mass is 35.5. The first kappa shape index (κ1) is 19.6. The number of carbonyl (C=O) groups excluding carboxylic acids is 1. The van der Waals surface area contributed by atoms with Gasteiger partial charge in [0.05, 0.1) is 29.7 Å². The van der Waals surface area contributed by atoms with Gasteiger partial charge in [-0.1, -0.05) is 11.6 Å². The van der Waals surface area contributed by atoms with Crippen LogP contribution in [0.15, 0.2) is 18.2 Å². The maximum Gasteiger partial charge on any atom is 0.244 e. The van der Waals surface area contributed by atoms with Crippen LogP contribution >= 0.6 is 11.6 Å². The number of halogens is 1. The zero-order valence-corrected chi connectivity index (χ0v) is 16.0. The first-order valence-corrected chi connectivity index (χ1v) is 10.1. The van der Waals surface area contributed by atoms with Crippen molar-refractivity contribution in [1.82, 2.24) is 5.32 Å². The summed E-state index contributed by atoms with van der Waals surface area (Å²) in [6.07, 6.45) is 3.33. The number of amides is 1. The molecule has 25 heavy (non-hydrogen) atoms. The van der Waals surface area contributed by atoms with Gasteiger partial charge in [-0.25, -0.2) is 8.42 Å². The molecule has 1 atom stereocenters. The van der Waals surface area contributed by atoms with Crippen LogP contribution in [0.5, 0.6) is 11.5 Å². The van der Waals surface area contributed by atoms with Crippen molar-refractivity contribution in [3.63, 3.8) is 0 Å². The van der Waals surface area contributed by atoms with E-state index in [1.165, 1.54) is 13.2 Å². The topological polar surface area (TPSA) is 81.7 Å². The Balaban J connectivity index is 2.07. The SMILES string of the molecule is COc1cc(/C=C/C(=O)N[C@H]2CCS(=O)(=O)C2)cc(Cl)c1OC(C)C. The molecule has 1 amide bonds. The molecule has 1 heterocycles. The van der Waals surface area contributed by atoms with Crippen molar-refractivity contribution in [3.05, 3.63) is 28.8 Å². The normalized spacial score (nSPS) is 19.3. The van der Waals surface area contributed by atoms with Crippen molar-refractivity contribution in [1.29, 1.82) is 0 Å². The molecule has 2 rings (SSSR count). The van der Waals surface area contributed by atoms with Gasteiger partial charge >= 0.3 is 0 Å². The van der Waals surface area contributed by atoms with E-state index in [2.05, 4.69) is 5.32 Å². The van der Waals surface area contributed by atoms with Crippen molar-refractivity contribution in [3.8, 4) is 11.5 Å². The highest BCUT2D eigenvalue weighted by Gasteiger charge is 2.28. The van der Waals surface area contributed by atoms with E-state index in [0.29, 0.717) is 28.5 Å². The largest absolute Gasteiger partial charge is 0.493 e. The first-order valence-electron chi connectivity index (χ1n) is 7.93. The predicted octanol–water partition coefficient (Wildman–Crippen LogP) is 2.45. The van der Waals surface area contributed by atoms with Gasteiger partial charge in [0.25, 0.3) is 0 Å². The van der Waals surface area contributed by atoms with Crippen LogP contribution in [0.4, 0.5) is 0 Å². The molecular weight excluding hydrogens is 366 g/mol. The molecule has 1 aromatic carbocycles. The van der Waals surface area contributed by atoms with E-state index in [0.717, 1.165) is 0 Å². The highest BCUT2D eigenvalue weighted by Crippen LogP contribution is 2.37. The Labute approximate surface area is 153 Å². The second-order valence-electron chi connectivity index (χ2n) is 6.14. The number of hydrogen-bond donors (Lipinski definition) is 1. The van der Waals surface area contributed by atoms with E-state index in [1.807, 2.05) is 13.8 Å². The number of hydrogen-bond acceptors (Lipinski definition) is 5. The molecule has 1 saturated heterocycles. The van der Waals surface area contributed by atoms with Gasteiger partial charge in [-0.05, 0) is 44.0 Å². The van der Waals surface area contributed by atoms with E-state index >= 15 is 0 Å². The van der Waals surface area contributed by atoms with E-state index in [4.69, 9.17) is 21.1 Å². The fourth-order valence-electron chi connectivity index (χ4n) is 2.52. The van der Waals surface area contributed by atoms with Gasteiger partial charge in [0.1, 0.15) is 0 Å². The molecule has 0 aliphatic carbocycles. The summed E-state index contributed by atoms with van der Waals surface area (Å²) < 4.78 is 33.7. The third-order valence-corrected chi connectivity index (χ3v) is 5.66. The molecule has 0 saturated carbocycles. The minimum Gasteiger partial charge on any atom is -0.493 e. The summed E-state index contributed by atoms with van der Waals surface area (Å²) in [7, 11) is -1.51. The number of benzene rings is 1. The minimum absolute atomic E-state index is 0.00648. The zero-order valence-electron chi connectivity index (χ0n) is 14.4. The number of nitrogens with one attached hydrogen (secondary N) is 1. The summed E-state index contributed by atoms with van der Waals surface area (Å²) in [5.41, 5.74) is 0.673. The van der Waals surface area contributed by atoms with Gasteiger partial charge in [-0.3, -0.25) is 4.79 Å². The van der Waals surface area contributed by atoms with Gasteiger partial charge < -0.3 is 14.8 Å². The van der Waals surface area contributed by atoms with Gasteiger partial charge in [-0.15, -0.1) is 0 Å². The number of methoxy groups -OCH3 is 1. The average Bonchev–Trinajstić information content (AvgIpc) is 2.85. The second kappa shape index (κ2) is 8.10. The smallest absolute Gasteiger partial charge is 0.244 e. The monoisotopic (exact) mass is 387 g/mol. The Morgan fingerprint density at radius 1 is 1.40 bits per heavy atom.